The number of benzene rings is 17. The van der Waals surface area contributed by atoms with Crippen molar-refractivity contribution in [2.24, 2.45) is 0 Å². The summed E-state index contributed by atoms with van der Waals surface area (Å²) in [5.41, 5.74) is 32.7. The van der Waals surface area contributed by atoms with E-state index in [9.17, 15) is 0 Å². The van der Waals surface area contributed by atoms with Gasteiger partial charge in [-0.05, 0) is 196 Å². The van der Waals surface area contributed by atoms with Crippen molar-refractivity contribution in [2.75, 3.05) is 4.90 Å². The molecule has 0 saturated heterocycles. The maximum Gasteiger partial charge on any atom is 0.145 e. The van der Waals surface area contributed by atoms with E-state index in [0.717, 1.165) is 95.5 Å². The number of nitrogens with zero attached hydrogens (tertiary/aromatic N) is 5. The first-order chi connectivity index (χ1) is 55.5. The van der Waals surface area contributed by atoms with E-state index in [2.05, 4.69) is 445 Å². The second kappa shape index (κ2) is 25.8. The lowest BCUT2D eigenvalue weighted by atomic mass is 9.60. The van der Waals surface area contributed by atoms with E-state index >= 15 is 0 Å². The molecular formula is C107H71N5. The summed E-state index contributed by atoms with van der Waals surface area (Å²) in [5, 5.41) is 0. The predicted octanol–water partition coefficient (Wildman–Crippen LogP) is 25.9. The Bertz CT molecular complexity index is 6660. The fraction of sp³-hybridized carbons (Fsp3) is 0.0280. The van der Waals surface area contributed by atoms with Crippen LogP contribution in [0, 0.1) is 0 Å². The van der Waals surface area contributed by atoms with Crippen molar-refractivity contribution in [3.05, 3.63) is 497 Å². The van der Waals surface area contributed by atoms with Crippen LogP contribution in [-0.4, -0.2) is 19.1 Å². The number of aromatic nitrogens is 4. The molecule has 0 unspecified atom stereocenters. The molecule has 17 aromatic carbocycles. The predicted molar refractivity (Wildman–Crippen MR) is 459 cm³/mol. The summed E-state index contributed by atoms with van der Waals surface area (Å²) in [5.74, 6) is 1.79. The number of hydrogen-bond acceptors (Lipinski definition) is 3. The van der Waals surface area contributed by atoms with Gasteiger partial charge >= 0.3 is 0 Å². The number of para-hydroxylation sites is 8. The van der Waals surface area contributed by atoms with Gasteiger partial charge < -0.3 is 4.90 Å². The molecule has 2 heterocycles. The van der Waals surface area contributed by atoms with Gasteiger partial charge in [0.2, 0.25) is 0 Å². The highest BCUT2D eigenvalue weighted by Gasteiger charge is 2.53. The second-order valence-corrected chi connectivity index (χ2v) is 29.8. The van der Waals surface area contributed by atoms with Crippen LogP contribution in [0.4, 0.5) is 17.1 Å². The molecule has 22 rings (SSSR count). The van der Waals surface area contributed by atoms with Crippen LogP contribution >= 0.6 is 0 Å². The van der Waals surface area contributed by atoms with Crippen LogP contribution in [0.15, 0.2) is 431 Å². The lowest BCUT2D eigenvalue weighted by Crippen LogP contribution is -2.35. The van der Waals surface area contributed by atoms with Gasteiger partial charge in [0.15, 0.2) is 0 Å². The minimum absolute atomic E-state index is 0.884. The maximum atomic E-state index is 5.45. The third kappa shape index (κ3) is 9.63. The number of imidazole rings is 2. The molecular weight excluding hydrogens is 1360 g/mol. The summed E-state index contributed by atoms with van der Waals surface area (Å²) in [6, 6.07) is 161. The van der Waals surface area contributed by atoms with Crippen LogP contribution in [0.3, 0.4) is 0 Å². The molecule has 0 amide bonds. The Labute approximate surface area is 651 Å². The van der Waals surface area contributed by atoms with Crippen LogP contribution < -0.4 is 4.90 Å². The first-order valence-corrected chi connectivity index (χ1v) is 38.7. The molecule has 5 heteroatoms. The zero-order chi connectivity index (χ0) is 73.9. The Morgan fingerprint density at radius 3 is 0.768 bits per heavy atom. The van der Waals surface area contributed by atoms with Gasteiger partial charge in [-0.25, -0.2) is 9.97 Å². The van der Waals surface area contributed by atoms with E-state index in [4.69, 9.17) is 9.97 Å². The molecule has 0 saturated carbocycles. The van der Waals surface area contributed by atoms with Gasteiger partial charge in [0.1, 0.15) is 11.6 Å². The molecule has 0 radical (unpaired) electrons. The van der Waals surface area contributed by atoms with Crippen LogP contribution in [0.5, 0.6) is 0 Å². The van der Waals surface area contributed by atoms with Crippen molar-refractivity contribution in [2.45, 2.75) is 16.2 Å². The number of anilines is 3. The molecule has 3 aliphatic carbocycles. The molecule has 112 heavy (non-hydrogen) atoms. The van der Waals surface area contributed by atoms with Crippen molar-refractivity contribution in [3.63, 3.8) is 0 Å². The zero-order valence-corrected chi connectivity index (χ0v) is 61.2. The average Bonchev–Trinajstić information content (AvgIpc) is 1.49. The summed E-state index contributed by atoms with van der Waals surface area (Å²) >= 11 is 0. The molecule has 19 aromatic rings. The quantitative estimate of drug-likeness (QED) is 0.109. The zero-order valence-electron chi connectivity index (χ0n) is 61.2. The van der Waals surface area contributed by atoms with Crippen LogP contribution in [0.1, 0.15) is 66.8 Å². The Hall–Kier alpha value is -14.5. The molecule has 0 spiro atoms. The number of fused-ring (bicyclic) bond motifs is 11. The molecule has 524 valence electrons. The summed E-state index contributed by atoms with van der Waals surface area (Å²) in [4.78, 5) is 13.1. The largest absolute Gasteiger partial charge is 0.311 e. The van der Waals surface area contributed by atoms with Gasteiger partial charge in [-0.2, -0.15) is 0 Å². The first kappa shape index (κ1) is 64.6. The third-order valence-electron chi connectivity index (χ3n) is 24.2. The molecule has 0 atom stereocenters. The van der Waals surface area contributed by atoms with E-state index in [0.29, 0.717) is 0 Å². The molecule has 2 aromatic heterocycles. The van der Waals surface area contributed by atoms with E-state index in [1.807, 2.05) is 0 Å². The second-order valence-electron chi connectivity index (χ2n) is 29.8. The Kier molecular flexibility index (Phi) is 14.9. The van der Waals surface area contributed by atoms with Gasteiger partial charge in [-0.3, -0.25) is 9.13 Å². The monoisotopic (exact) mass is 1430 g/mol. The Morgan fingerprint density at radius 1 is 0.196 bits per heavy atom. The Morgan fingerprint density at radius 2 is 0.438 bits per heavy atom. The van der Waals surface area contributed by atoms with Gasteiger partial charge in [-0.1, -0.05) is 346 Å². The minimum Gasteiger partial charge on any atom is -0.311 e. The first-order valence-electron chi connectivity index (χ1n) is 38.7. The summed E-state index contributed by atoms with van der Waals surface area (Å²) in [7, 11) is 0. The van der Waals surface area contributed by atoms with E-state index in [1.165, 1.54) is 89.0 Å². The van der Waals surface area contributed by atoms with Gasteiger partial charge in [-0.15, -0.1) is 0 Å². The van der Waals surface area contributed by atoms with Crippen LogP contribution in [0.25, 0.3) is 101 Å². The number of hydrogen-bond donors (Lipinski definition) is 0. The van der Waals surface area contributed by atoms with Crippen LogP contribution in [0.2, 0.25) is 0 Å². The smallest absolute Gasteiger partial charge is 0.145 e. The van der Waals surface area contributed by atoms with Crippen LogP contribution in [-0.2, 0) is 16.2 Å². The molecule has 0 aliphatic heterocycles. The fourth-order valence-corrected chi connectivity index (χ4v) is 19.5. The minimum atomic E-state index is -0.898. The maximum absolute atomic E-state index is 5.45. The van der Waals surface area contributed by atoms with Crippen molar-refractivity contribution in [3.8, 4) is 78.7 Å². The molecule has 0 fully saturated rings. The molecule has 5 nitrogen and oxygen atoms in total. The average molecular weight is 1430 g/mol. The van der Waals surface area contributed by atoms with E-state index in [-0.39, 0.29) is 0 Å². The van der Waals surface area contributed by atoms with E-state index < -0.39 is 16.2 Å². The standard InChI is InChI=1S/C107H71N5/c1-5-29-82(30-6-1)110(83-31-7-2-8-32-83)86-67-65-78(66-68-86)107(97-47-23-17-41-91(97)92-42-18-24-48-98(92)107)81-70-79(69-80(71-81)106(95-45-21-15-39-89(95)90-40-16-22-46-96(90)106)77-63-59-75(60-64-77)104-109-100-50-26-28-52-102(100)112(104)85-35-11-4-12-36-85)105(93-43-19-13-37-87(93)88-38-14-20-44-94(88)105)76-61-57-73(58-62-76)72-53-55-74(56-54-72)103-108-99-49-25-27-51-101(99)111(103)84-33-9-3-10-34-84/h1-71H. The lowest BCUT2D eigenvalue weighted by Gasteiger charge is -2.41. The molecule has 3 aliphatic rings. The third-order valence-corrected chi connectivity index (χ3v) is 24.2. The van der Waals surface area contributed by atoms with Gasteiger partial charge in [0.05, 0.1) is 38.3 Å². The summed E-state index contributed by atoms with van der Waals surface area (Å²) < 4.78 is 4.59. The highest BCUT2D eigenvalue weighted by atomic mass is 15.1. The summed E-state index contributed by atoms with van der Waals surface area (Å²) in [6.45, 7) is 0. The lowest BCUT2D eigenvalue weighted by molar-refractivity contribution is 0.713. The van der Waals surface area contributed by atoms with Crippen molar-refractivity contribution in [1.29, 1.82) is 0 Å². The molecule has 0 bridgehead atoms. The van der Waals surface area contributed by atoms with Crippen molar-refractivity contribution in [1.82, 2.24) is 19.1 Å². The number of rotatable bonds is 14. The fourth-order valence-electron chi connectivity index (χ4n) is 19.5. The normalized spacial score (nSPS) is 13.6. The van der Waals surface area contributed by atoms with Gasteiger partial charge in [0, 0.05) is 39.6 Å². The SMILES string of the molecule is c1ccc(N(c2ccccc2)c2ccc(C3(c4cc(C5(c6ccc(-c7ccc(-c8nc9ccccc9n8-c8ccccc8)cc7)cc6)c6ccccc6-c6ccccc65)cc(C5(c6ccc(-c7nc8ccccc8n7-c7ccccc7)cc6)c6ccccc6-c6ccccc65)c4)c4ccccc4-c4ccccc43)cc2)cc1. The van der Waals surface area contributed by atoms with Gasteiger partial charge in [0.25, 0.3) is 0 Å². The van der Waals surface area contributed by atoms with Crippen molar-refractivity contribution >= 4 is 39.1 Å². The van der Waals surface area contributed by atoms with E-state index in [1.54, 1.807) is 0 Å². The molecule has 0 N–H and O–H groups in total. The Balaban J connectivity index is 0.818. The topological polar surface area (TPSA) is 38.9 Å². The highest BCUT2D eigenvalue weighted by molar-refractivity contribution is 5.93. The summed E-state index contributed by atoms with van der Waals surface area (Å²) in [6.07, 6.45) is 0. The van der Waals surface area contributed by atoms with Crippen molar-refractivity contribution < 1.29 is 0 Å². The highest BCUT2D eigenvalue weighted by Crippen LogP contribution is 2.63.